The van der Waals surface area contributed by atoms with Crippen LogP contribution in [0, 0.1) is 0 Å². The normalized spacial score (nSPS) is 10.7. The average Bonchev–Trinajstić information content (AvgIpc) is 2.90. The lowest BCUT2D eigenvalue weighted by molar-refractivity contribution is 0.0601. The first-order valence-electron chi connectivity index (χ1n) is 5.92. The van der Waals surface area contributed by atoms with Gasteiger partial charge in [0.25, 0.3) is 0 Å². The van der Waals surface area contributed by atoms with Gasteiger partial charge in [0.05, 0.1) is 22.9 Å². The van der Waals surface area contributed by atoms with E-state index >= 15 is 0 Å². The first-order chi connectivity index (χ1) is 9.67. The van der Waals surface area contributed by atoms with Gasteiger partial charge >= 0.3 is 5.97 Å². The summed E-state index contributed by atoms with van der Waals surface area (Å²) in [5.74, 6) is -0.328. The fraction of sp³-hybridized carbons (Fsp3) is 0.0667. The Balaban J connectivity index is 2.06. The SMILES string of the molecule is COC(=O)c1ccc2nc(-c3ccc(Br)cc3)sc2c1. The van der Waals surface area contributed by atoms with Crippen LogP contribution in [0.1, 0.15) is 10.4 Å². The van der Waals surface area contributed by atoms with Crippen LogP contribution in [0.15, 0.2) is 46.9 Å². The van der Waals surface area contributed by atoms with Crippen molar-refractivity contribution in [2.75, 3.05) is 7.11 Å². The molecule has 2 aromatic carbocycles. The summed E-state index contributed by atoms with van der Waals surface area (Å²) in [6, 6.07) is 13.4. The first kappa shape index (κ1) is 13.3. The molecule has 0 saturated heterocycles. The van der Waals surface area contributed by atoms with Gasteiger partial charge in [0.2, 0.25) is 0 Å². The van der Waals surface area contributed by atoms with Gasteiger partial charge < -0.3 is 4.74 Å². The van der Waals surface area contributed by atoms with Gasteiger partial charge in [-0.15, -0.1) is 11.3 Å². The van der Waals surface area contributed by atoms with Crippen molar-refractivity contribution >= 4 is 43.5 Å². The van der Waals surface area contributed by atoms with Crippen LogP contribution in [0.2, 0.25) is 0 Å². The van der Waals surface area contributed by atoms with E-state index in [9.17, 15) is 4.79 Å². The second-order valence-corrected chi connectivity index (χ2v) is 6.15. The molecular weight excluding hydrogens is 338 g/mol. The number of hydrogen-bond acceptors (Lipinski definition) is 4. The molecule has 100 valence electrons. The molecule has 3 nitrogen and oxygen atoms in total. The quantitative estimate of drug-likeness (QED) is 0.640. The molecule has 0 saturated carbocycles. The highest BCUT2D eigenvalue weighted by Crippen LogP contribution is 2.31. The van der Waals surface area contributed by atoms with Crippen LogP contribution in [0.3, 0.4) is 0 Å². The molecule has 3 aromatic rings. The maximum atomic E-state index is 11.5. The van der Waals surface area contributed by atoms with Gasteiger partial charge in [-0.25, -0.2) is 9.78 Å². The second-order valence-electron chi connectivity index (χ2n) is 4.20. The van der Waals surface area contributed by atoms with E-state index < -0.39 is 0 Å². The number of rotatable bonds is 2. The fourth-order valence-corrected chi connectivity index (χ4v) is 3.16. The molecule has 0 atom stereocenters. The van der Waals surface area contributed by atoms with Crippen molar-refractivity contribution in [3.8, 4) is 10.6 Å². The number of esters is 1. The van der Waals surface area contributed by atoms with Crippen LogP contribution in [-0.4, -0.2) is 18.1 Å². The van der Waals surface area contributed by atoms with Crippen LogP contribution in [-0.2, 0) is 4.74 Å². The highest BCUT2D eigenvalue weighted by molar-refractivity contribution is 9.10. The van der Waals surface area contributed by atoms with Crippen LogP contribution in [0.4, 0.5) is 0 Å². The molecule has 1 heterocycles. The molecule has 0 amide bonds. The van der Waals surface area contributed by atoms with Gasteiger partial charge in [0.15, 0.2) is 0 Å². The van der Waals surface area contributed by atoms with Gasteiger partial charge in [-0.3, -0.25) is 0 Å². The van der Waals surface area contributed by atoms with Crippen molar-refractivity contribution in [1.29, 1.82) is 0 Å². The molecule has 0 aliphatic carbocycles. The molecule has 0 unspecified atom stereocenters. The average molecular weight is 348 g/mol. The monoisotopic (exact) mass is 347 g/mol. The number of carbonyl (C=O) groups is 1. The Bertz CT molecular complexity index is 780. The van der Waals surface area contributed by atoms with Gasteiger partial charge in [0.1, 0.15) is 5.01 Å². The van der Waals surface area contributed by atoms with Gasteiger partial charge in [-0.05, 0) is 30.3 Å². The van der Waals surface area contributed by atoms with E-state index in [-0.39, 0.29) is 5.97 Å². The zero-order valence-electron chi connectivity index (χ0n) is 10.6. The summed E-state index contributed by atoms with van der Waals surface area (Å²) in [5.41, 5.74) is 2.50. The third kappa shape index (κ3) is 2.46. The predicted octanol–water partition coefficient (Wildman–Crippen LogP) is 4.51. The summed E-state index contributed by atoms with van der Waals surface area (Å²) in [5, 5.41) is 0.939. The Morgan fingerprint density at radius 1 is 1.20 bits per heavy atom. The van der Waals surface area contributed by atoms with E-state index in [0.717, 1.165) is 25.3 Å². The van der Waals surface area contributed by atoms with Crippen LogP contribution in [0.5, 0.6) is 0 Å². The van der Waals surface area contributed by atoms with E-state index in [2.05, 4.69) is 20.9 Å². The van der Waals surface area contributed by atoms with E-state index in [1.807, 2.05) is 36.4 Å². The first-order valence-corrected chi connectivity index (χ1v) is 7.53. The lowest BCUT2D eigenvalue weighted by Gasteiger charge is -1.97. The molecule has 0 bridgehead atoms. The number of aromatic nitrogens is 1. The molecule has 3 rings (SSSR count). The summed E-state index contributed by atoms with van der Waals surface area (Å²) in [4.78, 5) is 16.1. The van der Waals surface area contributed by atoms with Crippen LogP contribution < -0.4 is 0 Å². The van der Waals surface area contributed by atoms with E-state index in [0.29, 0.717) is 5.56 Å². The summed E-state index contributed by atoms with van der Waals surface area (Å²) >= 11 is 4.98. The van der Waals surface area contributed by atoms with Crippen molar-refractivity contribution in [1.82, 2.24) is 4.98 Å². The minimum atomic E-state index is -0.328. The Morgan fingerprint density at radius 3 is 2.65 bits per heavy atom. The number of thiazole rings is 1. The van der Waals surface area contributed by atoms with Crippen molar-refractivity contribution in [3.05, 3.63) is 52.5 Å². The lowest BCUT2D eigenvalue weighted by Crippen LogP contribution is -1.99. The highest BCUT2D eigenvalue weighted by Gasteiger charge is 2.10. The third-order valence-electron chi connectivity index (χ3n) is 2.90. The number of hydrogen-bond donors (Lipinski definition) is 0. The molecular formula is C15H10BrNO2S. The standard InChI is InChI=1S/C15H10BrNO2S/c1-19-15(18)10-4-7-12-13(8-10)20-14(17-12)9-2-5-11(16)6-3-9/h2-8H,1H3. The number of halogens is 1. The van der Waals surface area contributed by atoms with Gasteiger partial charge in [0, 0.05) is 10.0 Å². The molecule has 0 radical (unpaired) electrons. The molecule has 0 fully saturated rings. The maximum Gasteiger partial charge on any atom is 0.337 e. The summed E-state index contributed by atoms with van der Waals surface area (Å²) < 4.78 is 6.74. The summed E-state index contributed by atoms with van der Waals surface area (Å²) in [7, 11) is 1.38. The van der Waals surface area contributed by atoms with E-state index in [1.165, 1.54) is 7.11 Å². The largest absolute Gasteiger partial charge is 0.465 e. The lowest BCUT2D eigenvalue weighted by atomic mass is 10.2. The fourth-order valence-electron chi connectivity index (χ4n) is 1.89. The van der Waals surface area contributed by atoms with Gasteiger partial charge in [-0.1, -0.05) is 28.1 Å². The molecule has 0 N–H and O–H groups in total. The Labute approximate surface area is 128 Å². The Hall–Kier alpha value is -1.72. The minimum absolute atomic E-state index is 0.328. The number of fused-ring (bicyclic) bond motifs is 1. The number of methoxy groups -OCH3 is 1. The van der Waals surface area contributed by atoms with Crippen LogP contribution >= 0.6 is 27.3 Å². The number of ether oxygens (including phenoxy) is 1. The Kier molecular flexibility index (Phi) is 3.54. The van der Waals surface area contributed by atoms with Crippen LogP contribution in [0.25, 0.3) is 20.8 Å². The summed E-state index contributed by atoms with van der Waals surface area (Å²) in [6.45, 7) is 0. The van der Waals surface area contributed by atoms with Gasteiger partial charge in [-0.2, -0.15) is 0 Å². The van der Waals surface area contributed by atoms with Crippen molar-refractivity contribution in [3.63, 3.8) is 0 Å². The molecule has 0 aliphatic rings. The van der Waals surface area contributed by atoms with E-state index in [4.69, 9.17) is 4.74 Å². The topological polar surface area (TPSA) is 39.2 Å². The van der Waals surface area contributed by atoms with E-state index in [1.54, 1.807) is 17.4 Å². The molecule has 20 heavy (non-hydrogen) atoms. The number of nitrogens with zero attached hydrogens (tertiary/aromatic N) is 1. The zero-order chi connectivity index (χ0) is 14.1. The third-order valence-corrected chi connectivity index (χ3v) is 4.50. The molecule has 0 aliphatic heterocycles. The molecule has 5 heteroatoms. The molecule has 0 spiro atoms. The zero-order valence-corrected chi connectivity index (χ0v) is 13.0. The number of carbonyl (C=O) groups excluding carboxylic acids is 1. The summed E-state index contributed by atoms with van der Waals surface area (Å²) in [6.07, 6.45) is 0. The Morgan fingerprint density at radius 2 is 1.95 bits per heavy atom. The maximum absolute atomic E-state index is 11.5. The van der Waals surface area contributed by atoms with Crippen molar-refractivity contribution in [2.45, 2.75) is 0 Å². The second kappa shape index (κ2) is 5.34. The minimum Gasteiger partial charge on any atom is -0.465 e. The highest BCUT2D eigenvalue weighted by atomic mass is 79.9. The smallest absolute Gasteiger partial charge is 0.337 e. The molecule has 1 aromatic heterocycles. The van der Waals surface area contributed by atoms with Crippen molar-refractivity contribution in [2.24, 2.45) is 0 Å². The van der Waals surface area contributed by atoms with Crippen molar-refractivity contribution < 1.29 is 9.53 Å². The predicted molar refractivity (Wildman–Crippen MR) is 84.1 cm³/mol. The number of benzene rings is 2.